The minimum Gasteiger partial charge on any atom is -0.332 e. The highest BCUT2D eigenvalue weighted by Crippen LogP contribution is 2.27. The zero-order valence-electron chi connectivity index (χ0n) is 16.4. The standard InChI is InChI=1S/C22H29N3S/c1-6-8-20-15-21-18(4)19(7-2)9-10-22(21)25(20)16-17(3)23-11-13-24(26-5)14-12-23/h7,9-10,15,17H,2,11-14,16H2,1,3-5H3. The Morgan fingerprint density at radius 3 is 2.62 bits per heavy atom. The number of hydrogen-bond donors (Lipinski definition) is 0. The van der Waals surface area contributed by atoms with Gasteiger partial charge in [-0.3, -0.25) is 4.90 Å². The quantitative estimate of drug-likeness (QED) is 0.579. The summed E-state index contributed by atoms with van der Waals surface area (Å²) in [5.41, 5.74) is 4.88. The summed E-state index contributed by atoms with van der Waals surface area (Å²) in [6.07, 6.45) is 4.10. The highest BCUT2D eigenvalue weighted by atomic mass is 32.2. The second-order valence-corrected chi connectivity index (χ2v) is 7.81. The molecule has 0 aliphatic carbocycles. The zero-order chi connectivity index (χ0) is 18.7. The van der Waals surface area contributed by atoms with Gasteiger partial charge in [0.1, 0.15) is 0 Å². The van der Waals surface area contributed by atoms with E-state index in [0.717, 1.165) is 38.4 Å². The SMILES string of the molecule is C=Cc1ccc2c(cc(C#CC)n2CC(C)N2CCN(SC)CC2)c1C. The molecule has 0 N–H and O–H groups in total. The fraction of sp³-hybridized carbons (Fsp3) is 0.455. The summed E-state index contributed by atoms with van der Waals surface area (Å²) in [5, 5.41) is 1.29. The van der Waals surface area contributed by atoms with Crippen LogP contribution >= 0.6 is 11.9 Å². The van der Waals surface area contributed by atoms with Crippen LogP contribution in [0.4, 0.5) is 0 Å². The molecular weight excluding hydrogens is 338 g/mol. The molecular formula is C22H29N3S. The number of aryl methyl sites for hydroxylation is 1. The highest BCUT2D eigenvalue weighted by Gasteiger charge is 2.22. The molecule has 26 heavy (non-hydrogen) atoms. The van der Waals surface area contributed by atoms with E-state index < -0.39 is 0 Å². The largest absolute Gasteiger partial charge is 0.332 e. The zero-order valence-corrected chi connectivity index (χ0v) is 17.2. The molecule has 1 aromatic carbocycles. The minimum atomic E-state index is 0.492. The van der Waals surface area contributed by atoms with Gasteiger partial charge in [0.15, 0.2) is 0 Å². The van der Waals surface area contributed by atoms with Gasteiger partial charge < -0.3 is 4.57 Å². The lowest BCUT2D eigenvalue weighted by Gasteiger charge is -2.37. The number of benzene rings is 1. The van der Waals surface area contributed by atoms with E-state index in [1.807, 2.05) is 24.9 Å². The number of hydrogen-bond acceptors (Lipinski definition) is 3. The molecule has 3 rings (SSSR count). The second-order valence-electron chi connectivity index (χ2n) is 6.93. The first-order valence-corrected chi connectivity index (χ1v) is 10.5. The summed E-state index contributed by atoms with van der Waals surface area (Å²) in [4.78, 5) is 2.60. The molecule has 1 aliphatic heterocycles. The van der Waals surface area contributed by atoms with Crippen LogP contribution in [0, 0.1) is 18.8 Å². The van der Waals surface area contributed by atoms with Gasteiger partial charge in [0.2, 0.25) is 0 Å². The van der Waals surface area contributed by atoms with Crippen LogP contribution in [0.3, 0.4) is 0 Å². The third-order valence-electron chi connectivity index (χ3n) is 5.47. The van der Waals surface area contributed by atoms with Crippen LogP contribution in [0.1, 0.15) is 30.7 Å². The Kier molecular flexibility index (Phi) is 6.13. The molecule has 0 amide bonds. The van der Waals surface area contributed by atoms with Gasteiger partial charge in [-0.15, -0.1) is 0 Å². The Bertz CT molecular complexity index is 848. The molecule has 0 radical (unpaired) electrons. The normalized spacial score (nSPS) is 17.1. The lowest BCUT2D eigenvalue weighted by molar-refractivity contribution is 0.140. The molecule has 1 aromatic heterocycles. The number of rotatable bonds is 5. The van der Waals surface area contributed by atoms with Gasteiger partial charge in [-0.2, -0.15) is 0 Å². The topological polar surface area (TPSA) is 11.4 Å². The van der Waals surface area contributed by atoms with Crippen molar-refractivity contribution in [1.82, 2.24) is 13.8 Å². The van der Waals surface area contributed by atoms with Crippen LogP contribution < -0.4 is 0 Å². The molecule has 1 fully saturated rings. The Balaban J connectivity index is 1.90. The smallest absolute Gasteiger partial charge is 0.0931 e. The van der Waals surface area contributed by atoms with Crippen molar-refractivity contribution in [3.8, 4) is 11.8 Å². The van der Waals surface area contributed by atoms with Crippen molar-refractivity contribution in [2.75, 3.05) is 32.4 Å². The molecule has 1 atom stereocenters. The highest BCUT2D eigenvalue weighted by molar-refractivity contribution is 7.96. The minimum absolute atomic E-state index is 0.492. The number of piperazine rings is 1. The van der Waals surface area contributed by atoms with Crippen molar-refractivity contribution < 1.29 is 0 Å². The van der Waals surface area contributed by atoms with E-state index in [0.29, 0.717) is 6.04 Å². The summed E-state index contributed by atoms with van der Waals surface area (Å²) in [6.45, 7) is 15.9. The van der Waals surface area contributed by atoms with E-state index in [-0.39, 0.29) is 0 Å². The molecule has 1 unspecified atom stereocenters. The maximum Gasteiger partial charge on any atom is 0.0931 e. The van der Waals surface area contributed by atoms with Gasteiger partial charge in [0.25, 0.3) is 0 Å². The van der Waals surface area contributed by atoms with Gasteiger partial charge in [-0.1, -0.05) is 36.6 Å². The maximum absolute atomic E-state index is 3.94. The molecule has 0 bridgehead atoms. The van der Waals surface area contributed by atoms with Crippen LogP contribution in [0.5, 0.6) is 0 Å². The van der Waals surface area contributed by atoms with Gasteiger partial charge in [-0.25, -0.2) is 4.31 Å². The Morgan fingerprint density at radius 1 is 1.27 bits per heavy atom. The summed E-state index contributed by atoms with van der Waals surface area (Å²) in [5.74, 6) is 6.40. The first-order valence-electron chi connectivity index (χ1n) is 9.30. The first kappa shape index (κ1) is 19.1. The third kappa shape index (κ3) is 3.71. The monoisotopic (exact) mass is 367 g/mol. The van der Waals surface area contributed by atoms with Crippen molar-refractivity contribution in [3.05, 3.63) is 41.6 Å². The number of nitrogens with zero attached hydrogens (tertiary/aromatic N) is 3. The molecule has 4 heteroatoms. The van der Waals surface area contributed by atoms with Crippen LogP contribution in [-0.2, 0) is 6.54 Å². The Morgan fingerprint density at radius 2 is 2.00 bits per heavy atom. The van der Waals surface area contributed by atoms with Crippen molar-refractivity contribution in [1.29, 1.82) is 0 Å². The summed E-state index contributed by atoms with van der Waals surface area (Å²) in [7, 11) is 0. The maximum atomic E-state index is 3.94. The molecule has 2 heterocycles. The van der Waals surface area contributed by atoms with Crippen LogP contribution in [0.15, 0.2) is 24.8 Å². The lowest BCUT2D eigenvalue weighted by Crippen LogP contribution is -2.48. The third-order valence-corrected chi connectivity index (χ3v) is 6.35. The van der Waals surface area contributed by atoms with Crippen molar-refractivity contribution >= 4 is 28.9 Å². The average molecular weight is 368 g/mol. The molecule has 138 valence electrons. The molecule has 1 saturated heterocycles. The van der Waals surface area contributed by atoms with Gasteiger partial charge in [0.05, 0.1) is 5.69 Å². The van der Waals surface area contributed by atoms with Crippen LogP contribution in [0.2, 0.25) is 0 Å². The Labute approximate surface area is 162 Å². The van der Waals surface area contributed by atoms with Crippen molar-refractivity contribution in [2.45, 2.75) is 33.4 Å². The van der Waals surface area contributed by atoms with Gasteiger partial charge in [0, 0.05) is 49.7 Å². The van der Waals surface area contributed by atoms with E-state index in [2.05, 4.69) is 70.5 Å². The fourth-order valence-corrected chi connectivity index (χ4v) is 4.38. The summed E-state index contributed by atoms with van der Waals surface area (Å²) in [6, 6.07) is 7.13. The second kappa shape index (κ2) is 8.35. The van der Waals surface area contributed by atoms with Gasteiger partial charge in [-0.05, 0) is 56.2 Å². The summed E-state index contributed by atoms with van der Waals surface area (Å²) >= 11 is 1.86. The van der Waals surface area contributed by atoms with Crippen LogP contribution in [0.25, 0.3) is 17.0 Å². The number of aromatic nitrogens is 1. The van der Waals surface area contributed by atoms with E-state index in [4.69, 9.17) is 0 Å². The fourth-order valence-electron chi connectivity index (χ4n) is 3.85. The van der Waals surface area contributed by atoms with E-state index in [1.54, 1.807) is 0 Å². The molecule has 1 aliphatic rings. The predicted octanol–water partition coefficient (Wildman–Crippen LogP) is 4.25. The lowest BCUT2D eigenvalue weighted by atomic mass is 10.0. The molecule has 0 spiro atoms. The average Bonchev–Trinajstić information content (AvgIpc) is 3.01. The number of fused-ring (bicyclic) bond motifs is 1. The van der Waals surface area contributed by atoms with Crippen molar-refractivity contribution in [3.63, 3.8) is 0 Å². The first-order chi connectivity index (χ1) is 12.6. The van der Waals surface area contributed by atoms with E-state index >= 15 is 0 Å². The van der Waals surface area contributed by atoms with E-state index in [1.165, 1.54) is 22.0 Å². The molecule has 0 saturated carbocycles. The van der Waals surface area contributed by atoms with E-state index in [9.17, 15) is 0 Å². The van der Waals surface area contributed by atoms with Crippen LogP contribution in [-0.4, -0.2) is 52.2 Å². The molecule has 2 aromatic rings. The van der Waals surface area contributed by atoms with Gasteiger partial charge >= 0.3 is 0 Å². The van der Waals surface area contributed by atoms with Crippen molar-refractivity contribution in [2.24, 2.45) is 0 Å². The molecule has 3 nitrogen and oxygen atoms in total. The Hall–Kier alpha value is -1.67. The predicted molar refractivity (Wildman–Crippen MR) is 115 cm³/mol. The summed E-state index contributed by atoms with van der Waals surface area (Å²) < 4.78 is 4.85.